The summed E-state index contributed by atoms with van der Waals surface area (Å²) < 4.78 is 26.7. The number of aromatic nitrogens is 1. The largest absolute Gasteiger partial charge is 0.354 e. The Morgan fingerprint density at radius 1 is 1.19 bits per heavy atom. The fraction of sp³-hybridized carbons (Fsp3) is 0.214. The highest BCUT2D eigenvalue weighted by Crippen LogP contribution is 2.20. The van der Waals surface area contributed by atoms with Crippen LogP contribution in [-0.2, 0) is 10.0 Å². The minimum Gasteiger partial charge on any atom is -0.354 e. The van der Waals surface area contributed by atoms with E-state index in [0.717, 1.165) is 15.8 Å². The molecule has 0 atom stereocenters. The number of anilines is 3. The summed E-state index contributed by atoms with van der Waals surface area (Å²) in [5, 5.41) is 3.19. The zero-order valence-electron chi connectivity index (χ0n) is 11.5. The maximum atomic E-state index is 11.6. The van der Waals surface area contributed by atoms with Crippen molar-refractivity contribution in [3.05, 3.63) is 47.1 Å². The van der Waals surface area contributed by atoms with E-state index in [4.69, 9.17) is 0 Å². The summed E-state index contributed by atoms with van der Waals surface area (Å²) >= 11 is 3.40. The van der Waals surface area contributed by atoms with Gasteiger partial charge >= 0.3 is 0 Å². The molecule has 0 saturated heterocycles. The van der Waals surface area contributed by atoms with Crippen LogP contribution in [0, 0.1) is 0 Å². The van der Waals surface area contributed by atoms with E-state index < -0.39 is 10.0 Å². The molecule has 0 spiro atoms. The number of hydrogen-bond donors (Lipinski definition) is 2. The molecule has 112 valence electrons. The first-order valence-electron chi connectivity index (χ1n) is 6.47. The average Bonchev–Trinajstić information content (AvgIpc) is 2.40. The predicted octanol–water partition coefficient (Wildman–Crippen LogP) is 3.74. The monoisotopic (exact) mass is 369 g/mol. The van der Waals surface area contributed by atoms with Crippen molar-refractivity contribution in [2.24, 2.45) is 0 Å². The van der Waals surface area contributed by atoms with Gasteiger partial charge in [-0.1, -0.05) is 28.9 Å². The van der Waals surface area contributed by atoms with E-state index in [1.54, 1.807) is 18.3 Å². The molecular weight excluding hydrogens is 354 g/mol. The van der Waals surface area contributed by atoms with E-state index in [2.05, 4.69) is 31.0 Å². The van der Waals surface area contributed by atoms with E-state index >= 15 is 0 Å². The molecule has 2 N–H and O–H groups in total. The number of nitrogens with one attached hydrogen (secondary N) is 2. The van der Waals surface area contributed by atoms with Crippen LogP contribution in [0.2, 0.25) is 0 Å². The molecule has 5 nitrogen and oxygen atoms in total. The molecule has 0 fully saturated rings. The highest BCUT2D eigenvalue weighted by molar-refractivity contribution is 9.10. The Hall–Kier alpha value is -1.60. The summed E-state index contributed by atoms with van der Waals surface area (Å²) in [5.74, 6) is 0.412. The standard InChI is InChI=1S/C14H16BrN3O2S/c1-2-8-21(19,20)18-14-7-6-13(10-16-14)17-12-5-3-4-11(15)9-12/h3-7,9-10,17H,2,8H2,1H3,(H,16,18). The van der Waals surface area contributed by atoms with Crippen LogP contribution >= 0.6 is 15.9 Å². The Kier molecular flexibility index (Phi) is 5.19. The molecule has 0 bridgehead atoms. The van der Waals surface area contributed by atoms with Gasteiger partial charge in [0.25, 0.3) is 0 Å². The van der Waals surface area contributed by atoms with Crippen molar-refractivity contribution in [3.8, 4) is 0 Å². The smallest absolute Gasteiger partial charge is 0.233 e. The predicted molar refractivity (Wildman–Crippen MR) is 89.4 cm³/mol. The van der Waals surface area contributed by atoms with Crippen LogP contribution in [0.4, 0.5) is 17.2 Å². The Morgan fingerprint density at radius 2 is 2.00 bits per heavy atom. The molecule has 2 rings (SSSR count). The van der Waals surface area contributed by atoms with Gasteiger partial charge < -0.3 is 5.32 Å². The zero-order valence-corrected chi connectivity index (χ0v) is 13.9. The lowest BCUT2D eigenvalue weighted by Crippen LogP contribution is -2.16. The van der Waals surface area contributed by atoms with E-state index in [1.165, 1.54) is 0 Å². The molecule has 0 aliphatic carbocycles. The number of halogens is 1. The molecule has 0 saturated carbocycles. The Bertz CT molecular complexity index is 702. The lowest BCUT2D eigenvalue weighted by atomic mass is 10.3. The molecule has 1 aromatic heterocycles. The van der Waals surface area contributed by atoms with Crippen molar-refractivity contribution >= 4 is 43.1 Å². The summed E-state index contributed by atoms with van der Waals surface area (Å²) in [4.78, 5) is 4.10. The molecule has 0 unspecified atom stereocenters. The molecule has 7 heteroatoms. The maximum Gasteiger partial charge on any atom is 0.233 e. The SMILES string of the molecule is CCCS(=O)(=O)Nc1ccc(Nc2cccc(Br)c2)cn1. The highest BCUT2D eigenvalue weighted by atomic mass is 79.9. The molecule has 2 aromatic rings. The number of benzene rings is 1. The molecule has 0 radical (unpaired) electrons. The topological polar surface area (TPSA) is 71.1 Å². The van der Waals surface area contributed by atoms with Gasteiger partial charge in [0, 0.05) is 10.2 Å². The first-order valence-corrected chi connectivity index (χ1v) is 8.92. The van der Waals surface area contributed by atoms with Gasteiger partial charge in [-0.3, -0.25) is 4.72 Å². The first-order chi connectivity index (χ1) is 9.98. The average molecular weight is 370 g/mol. The zero-order chi connectivity index (χ0) is 15.3. The molecule has 0 aliphatic rings. The molecule has 1 aromatic carbocycles. The van der Waals surface area contributed by atoms with E-state index in [-0.39, 0.29) is 5.75 Å². The second-order valence-corrected chi connectivity index (χ2v) is 7.25. The quantitative estimate of drug-likeness (QED) is 0.813. The summed E-state index contributed by atoms with van der Waals surface area (Å²) in [7, 11) is -3.30. The Labute approximate surface area is 133 Å². The second kappa shape index (κ2) is 6.91. The van der Waals surface area contributed by atoms with Crippen LogP contribution in [0.5, 0.6) is 0 Å². The van der Waals surface area contributed by atoms with E-state index in [0.29, 0.717) is 12.2 Å². The van der Waals surface area contributed by atoms with Crippen LogP contribution in [-0.4, -0.2) is 19.2 Å². The van der Waals surface area contributed by atoms with Gasteiger partial charge in [-0.2, -0.15) is 0 Å². The molecule has 21 heavy (non-hydrogen) atoms. The van der Waals surface area contributed by atoms with Crippen LogP contribution in [0.25, 0.3) is 0 Å². The third-order valence-electron chi connectivity index (χ3n) is 2.61. The van der Waals surface area contributed by atoms with Crippen LogP contribution in [0.15, 0.2) is 47.1 Å². The van der Waals surface area contributed by atoms with Gasteiger partial charge in [0.2, 0.25) is 10.0 Å². The van der Waals surface area contributed by atoms with Gasteiger partial charge in [-0.15, -0.1) is 0 Å². The summed E-state index contributed by atoms with van der Waals surface area (Å²) in [6.45, 7) is 1.82. The lowest BCUT2D eigenvalue weighted by Gasteiger charge is -2.09. The number of rotatable bonds is 6. The van der Waals surface area contributed by atoms with Crippen LogP contribution in [0.1, 0.15) is 13.3 Å². The van der Waals surface area contributed by atoms with Crippen molar-refractivity contribution in [2.75, 3.05) is 15.8 Å². The highest BCUT2D eigenvalue weighted by Gasteiger charge is 2.09. The second-order valence-electron chi connectivity index (χ2n) is 4.49. The fourth-order valence-corrected chi connectivity index (χ4v) is 3.22. The maximum absolute atomic E-state index is 11.6. The van der Waals surface area contributed by atoms with Gasteiger partial charge in [-0.05, 0) is 36.8 Å². The van der Waals surface area contributed by atoms with Gasteiger partial charge in [0.05, 0.1) is 17.6 Å². The molecular formula is C14H16BrN3O2S. The molecule has 0 aliphatic heterocycles. The molecule has 0 amide bonds. The first kappa shape index (κ1) is 15.8. The molecule has 1 heterocycles. The van der Waals surface area contributed by atoms with Crippen molar-refractivity contribution in [2.45, 2.75) is 13.3 Å². The van der Waals surface area contributed by atoms with Crippen LogP contribution < -0.4 is 10.0 Å². The number of sulfonamides is 1. The summed E-state index contributed by atoms with van der Waals surface area (Å²) in [6.07, 6.45) is 2.16. The number of pyridine rings is 1. The lowest BCUT2D eigenvalue weighted by molar-refractivity contribution is 0.599. The summed E-state index contributed by atoms with van der Waals surface area (Å²) in [6, 6.07) is 11.1. The third-order valence-corrected chi connectivity index (χ3v) is 4.57. The van der Waals surface area contributed by atoms with Gasteiger partial charge in [0.1, 0.15) is 5.82 Å². The normalized spacial score (nSPS) is 11.1. The van der Waals surface area contributed by atoms with Crippen molar-refractivity contribution < 1.29 is 8.42 Å². The third kappa shape index (κ3) is 5.02. The van der Waals surface area contributed by atoms with Crippen molar-refractivity contribution in [3.63, 3.8) is 0 Å². The van der Waals surface area contributed by atoms with Gasteiger partial charge in [0.15, 0.2) is 0 Å². The minimum absolute atomic E-state index is 0.0900. The fourth-order valence-electron chi connectivity index (χ4n) is 1.74. The summed E-state index contributed by atoms with van der Waals surface area (Å²) in [5.41, 5.74) is 1.71. The van der Waals surface area contributed by atoms with E-state index in [9.17, 15) is 8.42 Å². The Balaban J connectivity index is 2.05. The Morgan fingerprint density at radius 3 is 2.62 bits per heavy atom. The van der Waals surface area contributed by atoms with Crippen LogP contribution in [0.3, 0.4) is 0 Å². The minimum atomic E-state index is -3.30. The van der Waals surface area contributed by atoms with Crippen molar-refractivity contribution in [1.82, 2.24) is 4.98 Å². The number of hydrogen-bond acceptors (Lipinski definition) is 4. The number of nitrogens with zero attached hydrogens (tertiary/aromatic N) is 1. The van der Waals surface area contributed by atoms with E-state index in [1.807, 2.05) is 31.2 Å². The van der Waals surface area contributed by atoms with Gasteiger partial charge in [-0.25, -0.2) is 13.4 Å². The van der Waals surface area contributed by atoms with Crippen molar-refractivity contribution in [1.29, 1.82) is 0 Å².